The lowest BCUT2D eigenvalue weighted by atomic mass is 9.72. The maximum Gasteiger partial charge on any atom is 0.250 e. The van der Waals surface area contributed by atoms with Crippen molar-refractivity contribution in [2.75, 3.05) is 17.3 Å². The molecule has 1 aliphatic heterocycles. The summed E-state index contributed by atoms with van der Waals surface area (Å²) in [5, 5.41) is 3.05. The number of carbonyl (C=O) groups is 1. The molecule has 1 amide bonds. The van der Waals surface area contributed by atoms with Crippen LogP contribution in [0.15, 0.2) is 18.2 Å². The highest BCUT2D eigenvalue weighted by Gasteiger charge is 2.52. The van der Waals surface area contributed by atoms with Crippen LogP contribution in [0.5, 0.6) is 5.75 Å². The highest BCUT2D eigenvalue weighted by molar-refractivity contribution is 6.07. The van der Waals surface area contributed by atoms with E-state index in [0.29, 0.717) is 0 Å². The predicted octanol–water partition coefficient (Wildman–Crippen LogP) is 2.78. The van der Waals surface area contributed by atoms with E-state index in [4.69, 9.17) is 4.74 Å². The molecule has 4 heteroatoms. The summed E-state index contributed by atoms with van der Waals surface area (Å²) >= 11 is 0. The first-order valence-corrected chi connectivity index (χ1v) is 6.87. The van der Waals surface area contributed by atoms with Gasteiger partial charge in [-0.1, -0.05) is 0 Å². The molecule has 102 valence electrons. The number of nitrogens with one attached hydrogen (secondary N) is 1. The molecule has 1 spiro atoms. The van der Waals surface area contributed by atoms with Crippen LogP contribution in [0, 0.1) is 0 Å². The Morgan fingerprint density at radius 2 is 2.11 bits per heavy atom. The summed E-state index contributed by atoms with van der Waals surface area (Å²) in [6, 6.07) is 6.12. The average Bonchev–Trinajstić information content (AvgIpc) is 2.34. The minimum Gasteiger partial charge on any atom is -0.497 e. The van der Waals surface area contributed by atoms with Crippen molar-refractivity contribution in [1.29, 1.82) is 0 Å². The molecule has 0 aromatic heterocycles. The normalized spacial score (nSPS) is 20.0. The fourth-order valence-electron chi connectivity index (χ4n) is 3.27. The van der Waals surface area contributed by atoms with Crippen LogP contribution in [-0.4, -0.2) is 24.6 Å². The molecule has 1 aliphatic carbocycles. The van der Waals surface area contributed by atoms with Crippen molar-refractivity contribution in [2.45, 2.75) is 44.7 Å². The summed E-state index contributed by atoms with van der Waals surface area (Å²) < 4.78 is 5.32. The van der Waals surface area contributed by atoms with E-state index in [1.807, 2.05) is 18.2 Å². The van der Waals surface area contributed by atoms with Gasteiger partial charge in [-0.25, -0.2) is 0 Å². The second-order valence-electron chi connectivity index (χ2n) is 5.69. The number of carbonyl (C=O) groups excluding carboxylic acids is 1. The van der Waals surface area contributed by atoms with E-state index in [1.54, 1.807) is 7.11 Å². The summed E-state index contributed by atoms with van der Waals surface area (Å²) in [5.41, 5.74) is 1.62. The van der Waals surface area contributed by atoms with E-state index in [9.17, 15) is 4.79 Å². The summed E-state index contributed by atoms with van der Waals surface area (Å²) in [7, 11) is 1.67. The van der Waals surface area contributed by atoms with E-state index in [2.05, 4.69) is 24.1 Å². The molecule has 1 N–H and O–H groups in total. The first kappa shape index (κ1) is 12.3. The second kappa shape index (κ2) is 4.15. The largest absolute Gasteiger partial charge is 0.497 e. The summed E-state index contributed by atoms with van der Waals surface area (Å²) in [6.07, 6.45) is 3.00. The predicted molar refractivity (Wildman–Crippen MR) is 75.8 cm³/mol. The number of fused-ring (bicyclic) bond motifs is 1. The number of hydrogen-bond donors (Lipinski definition) is 1. The van der Waals surface area contributed by atoms with Gasteiger partial charge in [-0.15, -0.1) is 0 Å². The molecular weight excluding hydrogens is 240 g/mol. The van der Waals surface area contributed by atoms with Crippen LogP contribution in [0.1, 0.15) is 33.1 Å². The number of hydrogen-bond acceptors (Lipinski definition) is 3. The van der Waals surface area contributed by atoms with Crippen molar-refractivity contribution in [3.05, 3.63) is 18.2 Å². The molecule has 0 radical (unpaired) electrons. The van der Waals surface area contributed by atoms with Crippen LogP contribution in [0.4, 0.5) is 11.4 Å². The number of benzene rings is 1. The van der Waals surface area contributed by atoms with Gasteiger partial charge in [-0.3, -0.25) is 4.79 Å². The molecule has 2 aliphatic rings. The number of anilines is 2. The van der Waals surface area contributed by atoms with Crippen molar-refractivity contribution >= 4 is 17.3 Å². The lowest BCUT2D eigenvalue weighted by Gasteiger charge is -2.54. The Hall–Kier alpha value is -1.71. The zero-order chi connectivity index (χ0) is 13.6. The fraction of sp³-hybridized carbons (Fsp3) is 0.533. The number of amides is 1. The van der Waals surface area contributed by atoms with Crippen LogP contribution in [0.2, 0.25) is 0 Å². The maximum absolute atomic E-state index is 12.4. The topological polar surface area (TPSA) is 41.6 Å². The number of methoxy groups -OCH3 is 1. The molecular formula is C15H20N2O2. The van der Waals surface area contributed by atoms with Crippen LogP contribution in [0.3, 0.4) is 0 Å². The molecule has 1 heterocycles. The molecule has 1 saturated carbocycles. The Morgan fingerprint density at radius 1 is 1.37 bits per heavy atom. The lowest BCUT2D eigenvalue weighted by molar-refractivity contribution is -0.124. The van der Waals surface area contributed by atoms with Gasteiger partial charge in [-0.2, -0.15) is 0 Å². The molecule has 1 aromatic rings. The molecule has 0 unspecified atom stereocenters. The number of ether oxygens (including phenoxy) is 1. The molecule has 4 nitrogen and oxygen atoms in total. The quantitative estimate of drug-likeness (QED) is 0.889. The van der Waals surface area contributed by atoms with Gasteiger partial charge < -0.3 is 15.0 Å². The van der Waals surface area contributed by atoms with Crippen LogP contribution in [0.25, 0.3) is 0 Å². The molecule has 1 aromatic carbocycles. The van der Waals surface area contributed by atoms with Gasteiger partial charge in [0.15, 0.2) is 0 Å². The van der Waals surface area contributed by atoms with Crippen molar-refractivity contribution < 1.29 is 9.53 Å². The van der Waals surface area contributed by atoms with Gasteiger partial charge in [0, 0.05) is 12.1 Å². The third-order valence-corrected chi connectivity index (χ3v) is 4.29. The van der Waals surface area contributed by atoms with Crippen LogP contribution >= 0.6 is 0 Å². The Labute approximate surface area is 113 Å². The van der Waals surface area contributed by atoms with Gasteiger partial charge in [0.2, 0.25) is 5.91 Å². The Morgan fingerprint density at radius 3 is 2.63 bits per heavy atom. The van der Waals surface area contributed by atoms with Crippen LogP contribution in [-0.2, 0) is 4.79 Å². The van der Waals surface area contributed by atoms with Crippen molar-refractivity contribution in [1.82, 2.24) is 0 Å². The van der Waals surface area contributed by atoms with E-state index >= 15 is 0 Å². The van der Waals surface area contributed by atoms with E-state index in [1.165, 1.54) is 0 Å². The summed E-state index contributed by atoms with van der Waals surface area (Å²) in [4.78, 5) is 14.7. The Balaban J connectivity index is 2.13. The van der Waals surface area contributed by atoms with E-state index < -0.39 is 0 Å². The zero-order valence-corrected chi connectivity index (χ0v) is 11.7. The maximum atomic E-state index is 12.4. The number of nitrogens with zero attached hydrogens (tertiary/aromatic N) is 1. The summed E-state index contributed by atoms with van der Waals surface area (Å²) in [6.45, 7) is 4.28. The number of rotatable bonds is 2. The van der Waals surface area contributed by atoms with Crippen LogP contribution < -0.4 is 15.0 Å². The molecule has 3 rings (SSSR count). The van der Waals surface area contributed by atoms with Gasteiger partial charge in [0.1, 0.15) is 11.3 Å². The van der Waals surface area contributed by atoms with Gasteiger partial charge >= 0.3 is 0 Å². The monoisotopic (exact) mass is 260 g/mol. The lowest BCUT2D eigenvalue weighted by Crippen LogP contribution is -2.65. The molecule has 1 fully saturated rings. The van der Waals surface area contributed by atoms with Gasteiger partial charge in [0.25, 0.3) is 0 Å². The van der Waals surface area contributed by atoms with E-state index in [-0.39, 0.29) is 17.5 Å². The summed E-state index contributed by atoms with van der Waals surface area (Å²) in [5.74, 6) is 0.972. The second-order valence-corrected chi connectivity index (χ2v) is 5.69. The SMILES string of the molecule is COc1ccc2c(c1)N(C(C)C)C1(CCC1)C(=O)N2. The Bertz CT molecular complexity index is 521. The van der Waals surface area contributed by atoms with Gasteiger partial charge in [-0.05, 0) is 45.2 Å². The highest BCUT2D eigenvalue weighted by Crippen LogP contribution is 2.48. The molecule has 0 bridgehead atoms. The standard InChI is InChI=1S/C15H20N2O2/c1-10(2)17-13-9-11(19-3)5-6-12(13)16-14(18)15(17)7-4-8-15/h5-6,9-10H,4,7-8H2,1-3H3,(H,16,18). The van der Waals surface area contributed by atoms with Crippen molar-refractivity contribution in [3.63, 3.8) is 0 Å². The minimum atomic E-state index is -0.340. The van der Waals surface area contributed by atoms with Crippen molar-refractivity contribution in [2.24, 2.45) is 0 Å². The molecule has 0 atom stereocenters. The molecule has 19 heavy (non-hydrogen) atoms. The fourth-order valence-corrected chi connectivity index (χ4v) is 3.27. The first-order chi connectivity index (χ1) is 9.08. The highest BCUT2D eigenvalue weighted by atomic mass is 16.5. The first-order valence-electron chi connectivity index (χ1n) is 6.87. The van der Waals surface area contributed by atoms with Crippen molar-refractivity contribution in [3.8, 4) is 5.75 Å². The molecule has 0 saturated heterocycles. The smallest absolute Gasteiger partial charge is 0.250 e. The Kier molecular flexibility index (Phi) is 2.69. The van der Waals surface area contributed by atoms with Gasteiger partial charge in [0.05, 0.1) is 18.5 Å². The average molecular weight is 260 g/mol. The zero-order valence-electron chi connectivity index (χ0n) is 11.7. The third kappa shape index (κ3) is 1.62. The third-order valence-electron chi connectivity index (χ3n) is 4.29. The minimum absolute atomic E-state index is 0.144. The van der Waals surface area contributed by atoms with E-state index in [0.717, 1.165) is 36.4 Å².